The first-order chi connectivity index (χ1) is 9.63. The molecule has 3 rings (SSSR count). The average molecular weight is 288 g/mol. The minimum atomic E-state index is 0.708. The highest BCUT2D eigenvalue weighted by molar-refractivity contribution is 7.99. The number of hydrogen-bond donors (Lipinski definition) is 1. The zero-order valence-electron chi connectivity index (χ0n) is 12.6. The highest BCUT2D eigenvalue weighted by atomic mass is 32.2. The van der Waals surface area contributed by atoms with E-state index in [2.05, 4.69) is 50.0 Å². The lowest BCUT2D eigenvalue weighted by Crippen LogP contribution is -2.29. The van der Waals surface area contributed by atoms with Gasteiger partial charge in [-0.1, -0.05) is 51.1 Å². The number of fused-ring (bicyclic) bond motifs is 1. The molecular formula is C17H24N2S. The van der Waals surface area contributed by atoms with E-state index >= 15 is 0 Å². The van der Waals surface area contributed by atoms with Gasteiger partial charge in [0.25, 0.3) is 0 Å². The van der Waals surface area contributed by atoms with Gasteiger partial charge in [0.15, 0.2) is 5.16 Å². The molecule has 108 valence electrons. The summed E-state index contributed by atoms with van der Waals surface area (Å²) in [5.74, 6) is 2.45. The van der Waals surface area contributed by atoms with Crippen LogP contribution >= 0.6 is 11.8 Å². The van der Waals surface area contributed by atoms with E-state index in [1.165, 1.54) is 19.3 Å². The van der Waals surface area contributed by atoms with Gasteiger partial charge in [-0.05, 0) is 42.7 Å². The quantitative estimate of drug-likeness (QED) is 0.849. The fourth-order valence-electron chi connectivity index (χ4n) is 3.38. The van der Waals surface area contributed by atoms with Crippen molar-refractivity contribution in [2.24, 2.45) is 17.8 Å². The predicted molar refractivity (Wildman–Crippen MR) is 87.1 cm³/mol. The fourth-order valence-corrected chi connectivity index (χ4v) is 5.04. The molecule has 2 aromatic rings. The minimum absolute atomic E-state index is 0.708. The lowest BCUT2D eigenvalue weighted by molar-refractivity contribution is 0.244. The van der Waals surface area contributed by atoms with Crippen LogP contribution in [0.2, 0.25) is 0 Å². The van der Waals surface area contributed by atoms with Gasteiger partial charge >= 0.3 is 0 Å². The lowest BCUT2D eigenvalue weighted by atomic mass is 9.77. The SMILES string of the molecule is CC(C)[C@@H]1CC[C@@H](C)C[C@@H]1Sc1nc2ccccc2[nH]1. The van der Waals surface area contributed by atoms with Gasteiger partial charge in [0.1, 0.15) is 0 Å². The Hall–Kier alpha value is -0.960. The molecular weight excluding hydrogens is 264 g/mol. The second-order valence-corrected chi connectivity index (χ2v) is 7.77. The van der Waals surface area contributed by atoms with E-state index < -0.39 is 0 Å². The number of rotatable bonds is 3. The number of para-hydroxylation sites is 2. The number of aromatic nitrogens is 2. The van der Waals surface area contributed by atoms with Crippen molar-refractivity contribution in [3.63, 3.8) is 0 Å². The van der Waals surface area contributed by atoms with E-state index in [-0.39, 0.29) is 0 Å². The molecule has 0 unspecified atom stereocenters. The maximum Gasteiger partial charge on any atom is 0.166 e. The Labute approximate surface area is 125 Å². The van der Waals surface area contributed by atoms with Crippen LogP contribution < -0.4 is 0 Å². The number of hydrogen-bond acceptors (Lipinski definition) is 2. The Morgan fingerprint density at radius 2 is 2.05 bits per heavy atom. The van der Waals surface area contributed by atoms with Crippen LogP contribution in [0, 0.1) is 17.8 Å². The molecule has 1 fully saturated rings. The molecule has 3 heteroatoms. The average Bonchev–Trinajstić information content (AvgIpc) is 2.80. The molecule has 0 aliphatic heterocycles. The zero-order valence-corrected chi connectivity index (χ0v) is 13.4. The van der Waals surface area contributed by atoms with Crippen LogP contribution in [0.5, 0.6) is 0 Å². The highest BCUT2D eigenvalue weighted by Crippen LogP contribution is 2.42. The molecule has 20 heavy (non-hydrogen) atoms. The molecule has 0 amide bonds. The molecule has 1 aliphatic carbocycles. The Kier molecular flexibility index (Phi) is 4.06. The smallest absolute Gasteiger partial charge is 0.166 e. The van der Waals surface area contributed by atoms with Crippen molar-refractivity contribution in [2.75, 3.05) is 0 Å². The summed E-state index contributed by atoms with van der Waals surface area (Å²) in [4.78, 5) is 8.20. The minimum Gasteiger partial charge on any atom is -0.333 e. The topological polar surface area (TPSA) is 28.7 Å². The molecule has 1 aliphatic rings. The summed E-state index contributed by atoms with van der Waals surface area (Å²) in [5, 5.41) is 1.80. The van der Waals surface area contributed by atoms with Gasteiger partial charge in [-0.2, -0.15) is 0 Å². The van der Waals surface area contributed by atoms with Crippen molar-refractivity contribution < 1.29 is 0 Å². The molecule has 1 N–H and O–H groups in total. The van der Waals surface area contributed by atoms with Crippen molar-refractivity contribution in [2.45, 2.75) is 50.4 Å². The summed E-state index contributed by atoms with van der Waals surface area (Å²) in [5.41, 5.74) is 2.24. The van der Waals surface area contributed by atoms with Crippen LogP contribution in [-0.4, -0.2) is 15.2 Å². The van der Waals surface area contributed by atoms with Gasteiger partial charge in [-0.3, -0.25) is 0 Å². The monoisotopic (exact) mass is 288 g/mol. The van der Waals surface area contributed by atoms with Crippen molar-refractivity contribution >= 4 is 22.8 Å². The van der Waals surface area contributed by atoms with Gasteiger partial charge in [0.05, 0.1) is 11.0 Å². The van der Waals surface area contributed by atoms with Crippen LogP contribution in [0.25, 0.3) is 11.0 Å². The molecule has 1 heterocycles. The Balaban J connectivity index is 1.80. The standard InChI is InChI=1S/C17H24N2S/c1-11(2)13-9-8-12(3)10-16(13)20-17-18-14-6-4-5-7-15(14)19-17/h4-7,11-13,16H,8-10H2,1-3H3,(H,18,19)/t12-,13+,16+/m1/s1. The number of thioether (sulfide) groups is 1. The maximum atomic E-state index is 4.73. The van der Waals surface area contributed by atoms with Crippen molar-refractivity contribution in [1.82, 2.24) is 9.97 Å². The van der Waals surface area contributed by atoms with E-state index in [0.717, 1.165) is 33.9 Å². The van der Waals surface area contributed by atoms with E-state index in [1.54, 1.807) is 0 Å². The van der Waals surface area contributed by atoms with Gasteiger partial charge in [0, 0.05) is 5.25 Å². The summed E-state index contributed by atoms with van der Waals surface area (Å²) in [7, 11) is 0. The summed E-state index contributed by atoms with van der Waals surface area (Å²) in [6, 6.07) is 8.31. The second-order valence-electron chi connectivity index (χ2n) is 6.54. The summed E-state index contributed by atoms with van der Waals surface area (Å²) in [6.45, 7) is 7.13. The largest absolute Gasteiger partial charge is 0.333 e. The summed E-state index contributed by atoms with van der Waals surface area (Å²) in [6.07, 6.45) is 4.08. The Bertz CT molecular complexity index is 542. The number of nitrogens with zero attached hydrogens (tertiary/aromatic N) is 1. The van der Waals surface area contributed by atoms with E-state index in [0.29, 0.717) is 5.25 Å². The first-order valence-electron chi connectivity index (χ1n) is 7.75. The number of imidazole rings is 1. The summed E-state index contributed by atoms with van der Waals surface area (Å²) < 4.78 is 0. The van der Waals surface area contributed by atoms with Crippen LogP contribution in [-0.2, 0) is 0 Å². The molecule has 0 bridgehead atoms. The highest BCUT2D eigenvalue weighted by Gasteiger charge is 2.31. The first kappa shape index (κ1) is 14.0. The third-order valence-electron chi connectivity index (χ3n) is 4.59. The van der Waals surface area contributed by atoms with E-state index in [1.807, 2.05) is 11.8 Å². The van der Waals surface area contributed by atoms with Gasteiger partial charge in [-0.15, -0.1) is 0 Å². The maximum absolute atomic E-state index is 4.73. The number of nitrogens with one attached hydrogen (secondary N) is 1. The van der Waals surface area contributed by atoms with E-state index in [4.69, 9.17) is 4.98 Å². The van der Waals surface area contributed by atoms with Crippen LogP contribution in [0.3, 0.4) is 0 Å². The normalized spacial score (nSPS) is 27.3. The summed E-state index contributed by atoms with van der Waals surface area (Å²) >= 11 is 1.96. The van der Waals surface area contributed by atoms with E-state index in [9.17, 15) is 0 Å². The molecule has 1 aromatic heterocycles. The molecule has 2 nitrogen and oxygen atoms in total. The van der Waals surface area contributed by atoms with Crippen molar-refractivity contribution in [3.05, 3.63) is 24.3 Å². The van der Waals surface area contributed by atoms with Crippen LogP contribution in [0.15, 0.2) is 29.4 Å². The molecule has 3 atom stereocenters. The number of H-pyrrole nitrogens is 1. The van der Waals surface area contributed by atoms with Crippen LogP contribution in [0.1, 0.15) is 40.0 Å². The van der Waals surface area contributed by atoms with Crippen molar-refractivity contribution in [3.8, 4) is 0 Å². The number of benzene rings is 1. The zero-order chi connectivity index (χ0) is 14.1. The third-order valence-corrected chi connectivity index (χ3v) is 5.85. The van der Waals surface area contributed by atoms with Gasteiger partial charge < -0.3 is 4.98 Å². The lowest BCUT2D eigenvalue weighted by Gasteiger charge is -2.36. The molecule has 1 saturated carbocycles. The fraction of sp³-hybridized carbons (Fsp3) is 0.588. The van der Waals surface area contributed by atoms with Gasteiger partial charge in [0.2, 0.25) is 0 Å². The molecule has 0 spiro atoms. The molecule has 0 radical (unpaired) electrons. The predicted octanol–water partition coefficient (Wildman–Crippen LogP) is 5.12. The Morgan fingerprint density at radius 3 is 2.80 bits per heavy atom. The van der Waals surface area contributed by atoms with Crippen molar-refractivity contribution in [1.29, 1.82) is 0 Å². The molecule has 0 saturated heterocycles. The second kappa shape index (κ2) is 5.80. The number of aromatic amines is 1. The third kappa shape index (κ3) is 2.88. The van der Waals surface area contributed by atoms with Crippen LogP contribution in [0.4, 0.5) is 0 Å². The first-order valence-corrected chi connectivity index (χ1v) is 8.63. The molecule has 1 aromatic carbocycles. The Morgan fingerprint density at radius 1 is 1.25 bits per heavy atom. The van der Waals surface area contributed by atoms with Gasteiger partial charge in [-0.25, -0.2) is 4.98 Å².